The van der Waals surface area contributed by atoms with E-state index in [1.165, 1.54) is 32.8 Å². The van der Waals surface area contributed by atoms with Crippen molar-refractivity contribution >= 4 is 17.9 Å². The number of primary amides is 1. The zero-order valence-electron chi connectivity index (χ0n) is 15.9. The van der Waals surface area contributed by atoms with E-state index in [9.17, 15) is 9.59 Å². The van der Waals surface area contributed by atoms with Gasteiger partial charge in [0.15, 0.2) is 18.1 Å². The van der Waals surface area contributed by atoms with Crippen LogP contribution in [0.25, 0.3) is 6.08 Å². The Balaban J connectivity index is 1.67. The number of nitrogens with two attached hydrogens (primary N) is 1. The average molecular weight is 372 g/mol. The third-order valence-electron chi connectivity index (χ3n) is 5.50. The highest BCUT2D eigenvalue weighted by molar-refractivity contribution is 5.92. The van der Waals surface area contributed by atoms with Crippen LogP contribution in [0.1, 0.15) is 44.1 Å². The van der Waals surface area contributed by atoms with Gasteiger partial charge in [0.25, 0.3) is 5.91 Å². The highest BCUT2D eigenvalue weighted by atomic mass is 16.5. The number of carbonyl (C=O) groups excluding carboxylic acids is 2. The fourth-order valence-corrected chi connectivity index (χ4v) is 4.22. The maximum Gasteiger partial charge on any atom is 0.255 e. The molecule has 0 radical (unpaired) electrons. The van der Waals surface area contributed by atoms with E-state index < -0.39 is 5.91 Å². The average Bonchev–Trinajstić information content (AvgIpc) is 2.70. The van der Waals surface area contributed by atoms with Crippen LogP contribution in [0.3, 0.4) is 0 Å². The van der Waals surface area contributed by atoms with E-state index in [4.69, 9.17) is 15.2 Å². The number of fused-ring (bicyclic) bond motifs is 1. The Hall–Kier alpha value is -2.50. The van der Waals surface area contributed by atoms with Crippen LogP contribution in [0.4, 0.5) is 0 Å². The van der Waals surface area contributed by atoms with Crippen molar-refractivity contribution in [3.05, 3.63) is 29.8 Å². The summed E-state index contributed by atoms with van der Waals surface area (Å²) in [6.45, 7) is 0.648. The first-order chi connectivity index (χ1) is 13.1. The van der Waals surface area contributed by atoms with E-state index in [1.54, 1.807) is 24.3 Å². The third-order valence-corrected chi connectivity index (χ3v) is 5.50. The molecule has 6 nitrogen and oxygen atoms in total. The minimum absolute atomic E-state index is 0.0830. The van der Waals surface area contributed by atoms with E-state index in [2.05, 4.69) is 4.90 Å². The smallest absolute Gasteiger partial charge is 0.255 e. The SMILES string of the molecule is COc1cc(C=CC(=O)N2CCCC3CCCCC32)ccc1OCC(N)=O. The third kappa shape index (κ3) is 4.81. The summed E-state index contributed by atoms with van der Waals surface area (Å²) < 4.78 is 10.6. The standard InChI is InChI=1S/C21H28N2O4/c1-26-19-13-15(8-10-18(19)27-14-20(22)24)9-11-21(25)23-12-4-6-16-5-2-3-7-17(16)23/h8-11,13,16-17H,2-7,12,14H2,1H3,(H2,22,24). The van der Waals surface area contributed by atoms with Gasteiger partial charge in [-0.1, -0.05) is 18.9 Å². The molecule has 2 atom stereocenters. The van der Waals surface area contributed by atoms with E-state index in [1.807, 2.05) is 6.07 Å². The Morgan fingerprint density at radius 2 is 1.96 bits per heavy atom. The summed E-state index contributed by atoms with van der Waals surface area (Å²) in [6.07, 6.45) is 10.7. The number of hydrogen-bond donors (Lipinski definition) is 1. The van der Waals surface area contributed by atoms with Crippen LogP contribution in [0.15, 0.2) is 24.3 Å². The van der Waals surface area contributed by atoms with Gasteiger partial charge >= 0.3 is 0 Å². The number of methoxy groups -OCH3 is 1. The molecule has 1 aliphatic carbocycles. The molecule has 1 aliphatic heterocycles. The molecule has 2 unspecified atom stereocenters. The summed E-state index contributed by atoms with van der Waals surface area (Å²) in [5.41, 5.74) is 5.94. The second kappa shape index (κ2) is 8.93. The summed E-state index contributed by atoms with van der Waals surface area (Å²) in [4.78, 5) is 25.7. The predicted molar refractivity (Wildman–Crippen MR) is 103 cm³/mol. The Morgan fingerprint density at radius 3 is 2.74 bits per heavy atom. The molecule has 27 heavy (non-hydrogen) atoms. The van der Waals surface area contributed by atoms with E-state index >= 15 is 0 Å². The Labute approximate surface area is 160 Å². The molecule has 1 heterocycles. The van der Waals surface area contributed by atoms with Gasteiger partial charge in [0.2, 0.25) is 5.91 Å². The van der Waals surface area contributed by atoms with E-state index in [0.29, 0.717) is 23.5 Å². The number of piperidine rings is 1. The minimum atomic E-state index is -0.547. The monoisotopic (exact) mass is 372 g/mol. The van der Waals surface area contributed by atoms with E-state index in [0.717, 1.165) is 24.9 Å². The highest BCUT2D eigenvalue weighted by Crippen LogP contribution is 2.35. The zero-order valence-corrected chi connectivity index (χ0v) is 15.9. The normalized spacial score (nSPS) is 22.3. The summed E-state index contributed by atoms with van der Waals surface area (Å²) in [7, 11) is 1.53. The maximum absolute atomic E-state index is 12.8. The van der Waals surface area contributed by atoms with Crippen molar-refractivity contribution in [2.75, 3.05) is 20.3 Å². The lowest BCUT2D eigenvalue weighted by Gasteiger charge is -2.43. The van der Waals surface area contributed by atoms with Gasteiger partial charge in [-0.25, -0.2) is 0 Å². The van der Waals surface area contributed by atoms with Gasteiger partial charge in [-0.2, -0.15) is 0 Å². The van der Waals surface area contributed by atoms with Gasteiger partial charge in [0, 0.05) is 18.7 Å². The van der Waals surface area contributed by atoms with Crippen LogP contribution in [-0.2, 0) is 9.59 Å². The first-order valence-electron chi connectivity index (χ1n) is 9.66. The second-order valence-electron chi connectivity index (χ2n) is 7.28. The van der Waals surface area contributed by atoms with Gasteiger partial charge in [0.05, 0.1) is 7.11 Å². The molecule has 6 heteroatoms. The number of benzene rings is 1. The molecule has 1 aromatic carbocycles. The van der Waals surface area contributed by atoms with Crippen LogP contribution >= 0.6 is 0 Å². The van der Waals surface area contributed by atoms with Crippen LogP contribution in [0.5, 0.6) is 11.5 Å². The van der Waals surface area contributed by atoms with Crippen molar-refractivity contribution < 1.29 is 19.1 Å². The molecular formula is C21H28N2O4. The van der Waals surface area contributed by atoms with Crippen molar-refractivity contribution in [1.29, 1.82) is 0 Å². The molecule has 2 N–H and O–H groups in total. The topological polar surface area (TPSA) is 81.9 Å². The van der Waals surface area contributed by atoms with Crippen molar-refractivity contribution in [3.63, 3.8) is 0 Å². The predicted octanol–water partition coefficient (Wildman–Crippen LogP) is 2.75. The van der Waals surface area contributed by atoms with Gasteiger partial charge in [-0.3, -0.25) is 9.59 Å². The minimum Gasteiger partial charge on any atom is -0.493 e. The van der Waals surface area contributed by atoms with Gasteiger partial charge in [-0.15, -0.1) is 0 Å². The van der Waals surface area contributed by atoms with Crippen molar-refractivity contribution in [2.45, 2.75) is 44.6 Å². The highest BCUT2D eigenvalue weighted by Gasteiger charge is 2.34. The molecule has 2 fully saturated rings. The van der Waals surface area contributed by atoms with Crippen LogP contribution in [-0.4, -0.2) is 43.0 Å². The van der Waals surface area contributed by atoms with Gasteiger partial charge in [-0.05, 0) is 55.4 Å². The lowest BCUT2D eigenvalue weighted by Crippen LogP contribution is -2.49. The number of ether oxygens (including phenoxy) is 2. The van der Waals surface area contributed by atoms with Crippen molar-refractivity contribution in [3.8, 4) is 11.5 Å². The Kier molecular flexibility index (Phi) is 6.37. The molecule has 1 saturated carbocycles. The summed E-state index contributed by atoms with van der Waals surface area (Å²) in [6, 6.07) is 5.72. The lowest BCUT2D eigenvalue weighted by atomic mass is 9.78. The fraction of sp³-hybridized carbons (Fsp3) is 0.524. The Morgan fingerprint density at radius 1 is 1.19 bits per heavy atom. The van der Waals surface area contributed by atoms with Crippen molar-refractivity contribution in [2.24, 2.45) is 11.7 Å². The number of amides is 2. The van der Waals surface area contributed by atoms with Gasteiger partial charge < -0.3 is 20.1 Å². The Bertz CT molecular complexity index is 714. The molecule has 3 rings (SSSR count). The molecule has 0 aromatic heterocycles. The largest absolute Gasteiger partial charge is 0.493 e. The van der Waals surface area contributed by atoms with Crippen LogP contribution in [0.2, 0.25) is 0 Å². The quantitative estimate of drug-likeness (QED) is 0.779. The van der Waals surface area contributed by atoms with Crippen LogP contribution < -0.4 is 15.2 Å². The van der Waals surface area contributed by atoms with E-state index in [-0.39, 0.29) is 12.5 Å². The number of likely N-dealkylation sites (tertiary alicyclic amines) is 1. The van der Waals surface area contributed by atoms with Crippen molar-refractivity contribution in [1.82, 2.24) is 4.90 Å². The molecule has 1 aromatic rings. The number of carbonyl (C=O) groups is 2. The molecule has 2 aliphatic rings. The molecule has 146 valence electrons. The number of hydrogen-bond acceptors (Lipinski definition) is 4. The first-order valence-corrected chi connectivity index (χ1v) is 9.66. The number of nitrogens with zero attached hydrogens (tertiary/aromatic N) is 1. The first kappa shape index (κ1) is 19.3. The second-order valence-corrected chi connectivity index (χ2v) is 7.28. The molecule has 0 spiro atoms. The summed E-state index contributed by atoms with van der Waals surface area (Å²) >= 11 is 0. The summed E-state index contributed by atoms with van der Waals surface area (Å²) in [5.74, 6) is 1.15. The van der Waals surface area contributed by atoms with Crippen LogP contribution in [0, 0.1) is 5.92 Å². The molecule has 2 amide bonds. The van der Waals surface area contributed by atoms with Gasteiger partial charge in [0.1, 0.15) is 0 Å². The lowest BCUT2D eigenvalue weighted by molar-refractivity contribution is -0.132. The maximum atomic E-state index is 12.8. The zero-order chi connectivity index (χ0) is 19.2. The number of rotatable bonds is 6. The molecule has 0 bridgehead atoms. The fourth-order valence-electron chi connectivity index (χ4n) is 4.22. The molecular weight excluding hydrogens is 344 g/mol. The molecule has 1 saturated heterocycles. The summed E-state index contributed by atoms with van der Waals surface area (Å²) in [5, 5.41) is 0.